The van der Waals surface area contributed by atoms with Gasteiger partial charge in [0.1, 0.15) is 29.1 Å². The molecular formula is C20H19F2NO4. The van der Waals surface area contributed by atoms with Crippen LogP contribution in [-0.4, -0.2) is 28.5 Å². The van der Waals surface area contributed by atoms with E-state index in [4.69, 9.17) is 4.74 Å². The third kappa shape index (κ3) is 3.55. The van der Waals surface area contributed by atoms with E-state index in [2.05, 4.69) is 5.32 Å². The molecule has 1 heterocycles. The van der Waals surface area contributed by atoms with Gasteiger partial charge in [-0.2, -0.15) is 0 Å². The molecule has 0 saturated carbocycles. The Morgan fingerprint density at radius 2 is 1.78 bits per heavy atom. The average molecular weight is 375 g/mol. The second-order valence-corrected chi connectivity index (χ2v) is 7.03. The fraction of sp³-hybridized carbons (Fsp3) is 0.300. The number of carbonyl (C=O) groups excluding carboxylic acids is 2. The summed E-state index contributed by atoms with van der Waals surface area (Å²) in [6.45, 7) is 4.43. The molecule has 0 spiro atoms. The summed E-state index contributed by atoms with van der Waals surface area (Å²) < 4.78 is 32.9. The van der Waals surface area contributed by atoms with Crippen molar-refractivity contribution in [2.75, 3.05) is 0 Å². The maximum atomic E-state index is 14.2. The van der Waals surface area contributed by atoms with E-state index in [1.165, 1.54) is 25.1 Å². The van der Waals surface area contributed by atoms with Gasteiger partial charge in [0.15, 0.2) is 5.78 Å². The Morgan fingerprint density at radius 1 is 1.15 bits per heavy atom. The van der Waals surface area contributed by atoms with E-state index in [1.807, 2.05) is 0 Å². The Bertz CT molecular complexity index is 909. The lowest BCUT2D eigenvalue weighted by atomic mass is 9.85. The summed E-state index contributed by atoms with van der Waals surface area (Å²) >= 11 is 0. The largest absolute Gasteiger partial charge is 0.485 e. The van der Waals surface area contributed by atoms with Crippen molar-refractivity contribution < 1.29 is 28.2 Å². The zero-order chi connectivity index (χ0) is 19.9. The van der Waals surface area contributed by atoms with Crippen molar-refractivity contribution in [3.05, 3.63) is 64.7 Å². The molecule has 1 aliphatic rings. The first-order valence-corrected chi connectivity index (χ1v) is 8.38. The van der Waals surface area contributed by atoms with Crippen molar-refractivity contribution in [2.45, 2.75) is 38.5 Å². The minimum Gasteiger partial charge on any atom is -0.485 e. The van der Waals surface area contributed by atoms with Gasteiger partial charge in [-0.15, -0.1) is 0 Å². The monoisotopic (exact) mass is 375 g/mol. The lowest BCUT2D eigenvalue weighted by molar-refractivity contribution is -0.0629. The molecule has 2 aromatic carbocycles. The molecule has 27 heavy (non-hydrogen) atoms. The first-order chi connectivity index (χ1) is 12.6. The molecule has 1 amide bonds. The highest BCUT2D eigenvalue weighted by Gasteiger charge is 2.44. The molecule has 0 saturated heterocycles. The predicted molar refractivity (Wildman–Crippen MR) is 93.7 cm³/mol. The van der Waals surface area contributed by atoms with E-state index in [0.717, 1.165) is 18.2 Å². The molecule has 0 unspecified atom stereocenters. The van der Waals surface area contributed by atoms with Crippen molar-refractivity contribution in [2.24, 2.45) is 0 Å². The van der Waals surface area contributed by atoms with Crippen LogP contribution >= 0.6 is 0 Å². The highest BCUT2D eigenvalue weighted by Crippen LogP contribution is 2.41. The summed E-state index contributed by atoms with van der Waals surface area (Å²) in [6, 6.07) is 6.34. The van der Waals surface area contributed by atoms with Gasteiger partial charge in [0, 0.05) is 17.2 Å². The van der Waals surface area contributed by atoms with E-state index < -0.39 is 41.1 Å². The number of aliphatic hydroxyl groups excluding tert-OH is 1. The van der Waals surface area contributed by atoms with Crippen LogP contribution in [-0.2, 0) is 0 Å². The SMILES string of the molecule is CC(=O)c1cc2c(cc1F)OC(C)(C)[C@@H](O)[C@@H]2NC(=O)c1ccc(F)cc1. The van der Waals surface area contributed by atoms with E-state index in [1.54, 1.807) is 13.8 Å². The Kier molecular flexibility index (Phi) is 4.73. The van der Waals surface area contributed by atoms with E-state index in [9.17, 15) is 23.5 Å². The average Bonchev–Trinajstić information content (AvgIpc) is 2.58. The zero-order valence-electron chi connectivity index (χ0n) is 15.0. The molecule has 2 aromatic rings. The number of fused-ring (bicyclic) bond motifs is 1. The van der Waals surface area contributed by atoms with E-state index in [-0.39, 0.29) is 16.9 Å². The van der Waals surface area contributed by atoms with Crippen LogP contribution in [0.5, 0.6) is 5.75 Å². The van der Waals surface area contributed by atoms with Crippen LogP contribution in [0.3, 0.4) is 0 Å². The quantitative estimate of drug-likeness (QED) is 0.808. The summed E-state index contributed by atoms with van der Waals surface area (Å²) in [6.07, 6.45) is -1.17. The van der Waals surface area contributed by atoms with E-state index >= 15 is 0 Å². The normalized spacial score (nSPS) is 20.4. The van der Waals surface area contributed by atoms with Crippen molar-refractivity contribution in [1.29, 1.82) is 0 Å². The van der Waals surface area contributed by atoms with Crippen molar-refractivity contribution in [3.8, 4) is 5.75 Å². The predicted octanol–water partition coefficient (Wildman–Crippen LogP) is 3.17. The number of amides is 1. The van der Waals surface area contributed by atoms with Gasteiger partial charge in [-0.1, -0.05) is 0 Å². The summed E-state index contributed by atoms with van der Waals surface area (Å²) in [5.41, 5.74) is -0.782. The van der Waals surface area contributed by atoms with Crippen molar-refractivity contribution in [3.63, 3.8) is 0 Å². The third-order valence-corrected chi connectivity index (χ3v) is 4.61. The topological polar surface area (TPSA) is 75.6 Å². The van der Waals surface area contributed by atoms with Crippen LogP contribution in [0.4, 0.5) is 8.78 Å². The molecule has 5 nitrogen and oxygen atoms in total. The number of ketones is 1. The number of benzene rings is 2. The number of hydrogen-bond donors (Lipinski definition) is 2. The van der Waals surface area contributed by atoms with Gasteiger partial charge in [0.2, 0.25) is 0 Å². The molecule has 0 fully saturated rings. The Labute approximate surface area is 155 Å². The standard InChI is InChI=1S/C20H19F2NO4/c1-10(24)13-8-14-16(9-15(13)22)27-20(2,3)18(25)17(14)23-19(26)11-4-6-12(21)7-5-11/h4-9,17-18,25H,1-3H3,(H,23,26)/t17-,18+/m1/s1. The van der Waals surface area contributed by atoms with Gasteiger partial charge in [-0.05, 0) is 51.1 Å². The first-order valence-electron chi connectivity index (χ1n) is 8.38. The first kappa shape index (κ1) is 19.0. The van der Waals surface area contributed by atoms with Gasteiger partial charge in [-0.25, -0.2) is 8.78 Å². The molecule has 7 heteroatoms. The molecule has 0 aromatic heterocycles. The maximum absolute atomic E-state index is 14.2. The Hall–Kier alpha value is -2.80. The molecule has 142 valence electrons. The summed E-state index contributed by atoms with van der Waals surface area (Å²) in [4.78, 5) is 24.2. The van der Waals surface area contributed by atoms with Crippen LogP contribution in [0.2, 0.25) is 0 Å². The number of Topliss-reactive ketones (excluding diaryl/α,β-unsaturated/α-hetero) is 1. The highest BCUT2D eigenvalue weighted by atomic mass is 19.1. The van der Waals surface area contributed by atoms with Crippen LogP contribution < -0.4 is 10.1 Å². The van der Waals surface area contributed by atoms with Crippen LogP contribution in [0, 0.1) is 11.6 Å². The number of ether oxygens (including phenoxy) is 1. The number of nitrogens with one attached hydrogen (secondary N) is 1. The zero-order valence-corrected chi connectivity index (χ0v) is 15.0. The van der Waals surface area contributed by atoms with Crippen LogP contribution in [0.15, 0.2) is 36.4 Å². The lowest BCUT2D eigenvalue weighted by Crippen LogP contribution is -2.53. The molecule has 0 aliphatic carbocycles. The molecule has 0 radical (unpaired) electrons. The minimum absolute atomic E-state index is 0.136. The van der Waals surface area contributed by atoms with Crippen molar-refractivity contribution >= 4 is 11.7 Å². The van der Waals surface area contributed by atoms with Gasteiger partial charge in [0.05, 0.1) is 11.6 Å². The lowest BCUT2D eigenvalue weighted by Gasteiger charge is -2.42. The summed E-state index contributed by atoms with van der Waals surface area (Å²) in [7, 11) is 0. The molecule has 2 N–H and O–H groups in total. The summed E-state index contributed by atoms with van der Waals surface area (Å²) in [5, 5.41) is 13.4. The van der Waals surface area contributed by atoms with Crippen LogP contribution in [0.25, 0.3) is 0 Å². The Balaban J connectivity index is 2.03. The molecule has 3 rings (SSSR count). The smallest absolute Gasteiger partial charge is 0.251 e. The van der Waals surface area contributed by atoms with Crippen molar-refractivity contribution in [1.82, 2.24) is 5.32 Å². The second kappa shape index (κ2) is 6.74. The van der Waals surface area contributed by atoms with Gasteiger partial charge < -0.3 is 15.2 Å². The fourth-order valence-corrected chi connectivity index (χ4v) is 3.07. The van der Waals surface area contributed by atoms with Gasteiger partial charge in [0.25, 0.3) is 5.91 Å². The third-order valence-electron chi connectivity index (χ3n) is 4.61. The number of halogens is 2. The molecule has 1 aliphatic heterocycles. The Morgan fingerprint density at radius 3 is 2.37 bits per heavy atom. The van der Waals surface area contributed by atoms with Gasteiger partial charge in [-0.3, -0.25) is 9.59 Å². The molecular weight excluding hydrogens is 356 g/mol. The molecule has 0 bridgehead atoms. The number of carbonyl (C=O) groups is 2. The maximum Gasteiger partial charge on any atom is 0.251 e. The number of hydrogen-bond acceptors (Lipinski definition) is 4. The highest BCUT2D eigenvalue weighted by molar-refractivity contribution is 5.96. The number of aliphatic hydroxyl groups is 1. The summed E-state index contributed by atoms with van der Waals surface area (Å²) in [5.74, 6) is -2.12. The number of rotatable bonds is 3. The fourth-order valence-electron chi connectivity index (χ4n) is 3.07. The molecule has 2 atom stereocenters. The van der Waals surface area contributed by atoms with Crippen LogP contribution in [0.1, 0.15) is 53.1 Å². The minimum atomic E-state index is -1.17. The van der Waals surface area contributed by atoms with E-state index in [0.29, 0.717) is 5.56 Å². The second-order valence-electron chi connectivity index (χ2n) is 7.03. The van der Waals surface area contributed by atoms with Gasteiger partial charge >= 0.3 is 0 Å².